The van der Waals surface area contributed by atoms with Crippen molar-refractivity contribution in [2.24, 2.45) is 0 Å². The zero-order valence-electron chi connectivity index (χ0n) is 18.0. The summed E-state index contributed by atoms with van der Waals surface area (Å²) in [6.07, 6.45) is 3.27. The number of aromatic nitrogens is 3. The van der Waals surface area contributed by atoms with Crippen molar-refractivity contribution < 1.29 is 4.79 Å². The van der Waals surface area contributed by atoms with E-state index < -0.39 is 0 Å². The molecule has 0 aliphatic rings. The van der Waals surface area contributed by atoms with E-state index in [0.29, 0.717) is 28.3 Å². The molecule has 4 rings (SSSR count). The van der Waals surface area contributed by atoms with Crippen LogP contribution in [0.2, 0.25) is 10.0 Å². The van der Waals surface area contributed by atoms with Gasteiger partial charge in [-0.25, -0.2) is 4.98 Å². The molecule has 0 radical (unpaired) electrons. The molecule has 2 heterocycles. The van der Waals surface area contributed by atoms with Gasteiger partial charge in [-0.2, -0.15) is 5.10 Å². The first-order valence-corrected chi connectivity index (χ1v) is 11.7. The molecule has 0 spiro atoms. The second-order valence-corrected chi connectivity index (χ2v) is 9.33. The van der Waals surface area contributed by atoms with Crippen molar-refractivity contribution >= 4 is 61.9 Å². The third-order valence-electron chi connectivity index (χ3n) is 5.18. The average molecular weight is 485 g/mol. The van der Waals surface area contributed by atoms with Crippen molar-refractivity contribution in [1.29, 1.82) is 0 Å². The molecule has 0 aliphatic carbocycles. The Morgan fingerprint density at radius 1 is 1.12 bits per heavy atom. The second kappa shape index (κ2) is 9.45. The number of hydrogen-bond acceptors (Lipinski definition) is 4. The number of halogens is 2. The number of thiazole rings is 1. The van der Waals surface area contributed by atoms with E-state index in [1.807, 2.05) is 61.9 Å². The highest BCUT2D eigenvalue weighted by molar-refractivity contribution is 7.22. The van der Waals surface area contributed by atoms with Crippen molar-refractivity contribution in [3.63, 3.8) is 0 Å². The summed E-state index contributed by atoms with van der Waals surface area (Å²) in [5, 5.41) is 6.40. The lowest BCUT2D eigenvalue weighted by molar-refractivity contribution is -0.114. The van der Waals surface area contributed by atoms with E-state index in [0.717, 1.165) is 32.7 Å². The third kappa shape index (κ3) is 4.72. The van der Waals surface area contributed by atoms with Gasteiger partial charge in [0, 0.05) is 28.4 Å². The highest BCUT2D eigenvalue weighted by Crippen LogP contribution is 2.33. The molecule has 0 bridgehead atoms. The first-order valence-electron chi connectivity index (χ1n) is 10.1. The fourth-order valence-electron chi connectivity index (χ4n) is 3.46. The minimum absolute atomic E-state index is 0.172. The monoisotopic (exact) mass is 484 g/mol. The summed E-state index contributed by atoms with van der Waals surface area (Å²) in [5.41, 5.74) is 4.51. The number of anilines is 1. The topological polar surface area (TPSA) is 51.0 Å². The first kappa shape index (κ1) is 22.5. The summed E-state index contributed by atoms with van der Waals surface area (Å²) >= 11 is 14.0. The fraction of sp³-hybridized carbons (Fsp3) is 0.208. The molecule has 0 unspecified atom stereocenters. The molecule has 164 valence electrons. The molecular formula is C24H22Cl2N4OS. The van der Waals surface area contributed by atoms with E-state index in [-0.39, 0.29) is 5.91 Å². The van der Waals surface area contributed by atoms with Gasteiger partial charge in [-0.3, -0.25) is 14.4 Å². The van der Waals surface area contributed by atoms with Crippen LogP contribution in [0.15, 0.2) is 48.5 Å². The zero-order valence-corrected chi connectivity index (χ0v) is 20.3. The SMILES string of the molecule is Cc1cc(C)n(CCN(C(=O)/C=C/c2ccccc2Cl)c2nc3c(C)c(Cl)ccc3s2)n1. The van der Waals surface area contributed by atoms with Crippen LogP contribution in [-0.4, -0.2) is 27.2 Å². The van der Waals surface area contributed by atoms with Crippen molar-refractivity contribution in [2.45, 2.75) is 27.3 Å². The number of carbonyl (C=O) groups excluding carboxylic acids is 1. The van der Waals surface area contributed by atoms with Crippen LogP contribution in [0.5, 0.6) is 0 Å². The van der Waals surface area contributed by atoms with E-state index in [2.05, 4.69) is 5.10 Å². The van der Waals surface area contributed by atoms with E-state index in [4.69, 9.17) is 28.2 Å². The van der Waals surface area contributed by atoms with Crippen LogP contribution in [0.4, 0.5) is 5.13 Å². The highest BCUT2D eigenvalue weighted by Gasteiger charge is 2.20. The van der Waals surface area contributed by atoms with E-state index in [1.54, 1.807) is 17.0 Å². The van der Waals surface area contributed by atoms with Crippen LogP contribution in [0.25, 0.3) is 16.3 Å². The molecule has 0 N–H and O–H groups in total. The fourth-order valence-corrected chi connectivity index (χ4v) is 4.87. The predicted octanol–water partition coefficient (Wildman–Crippen LogP) is 6.47. The van der Waals surface area contributed by atoms with Gasteiger partial charge in [0.05, 0.1) is 22.5 Å². The van der Waals surface area contributed by atoms with Crippen LogP contribution in [0, 0.1) is 20.8 Å². The van der Waals surface area contributed by atoms with Gasteiger partial charge in [0.15, 0.2) is 5.13 Å². The second-order valence-electron chi connectivity index (χ2n) is 7.51. The van der Waals surface area contributed by atoms with Crippen LogP contribution < -0.4 is 4.90 Å². The van der Waals surface area contributed by atoms with Crippen molar-refractivity contribution in [2.75, 3.05) is 11.4 Å². The molecule has 1 amide bonds. The first-order chi connectivity index (χ1) is 15.3. The van der Waals surface area contributed by atoms with Gasteiger partial charge < -0.3 is 0 Å². The summed E-state index contributed by atoms with van der Waals surface area (Å²) < 4.78 is 2.89. The number of fused-ring (bicyclic) bond motifs is 1. The number of amides is 1. The summed E-state index contributed by atoms with van der Waals surface area (Å²) in [6, 6.07) is 13.2. The summed E-state index contributed by atoms with van der Waals surface area (Å²) in [6.45, 7) is 6.89. The number of aryl methyl sites for hydroxylation is 3. The van der Waals surface area contributed by atoms with Crippen LogP contribution in [0.3, 0.4) is 0 Å². The Kier molecular flexibility index (Phi) is 6.65. The number of benzene rings is 2. The molecule has 0 aliphatic heterocycles. The number of rotatable bonds is 6. The van der Waals surface area contributed by atoms with Gasteiger partial charge >= 0.3 is 0 Å². The Morgan fingerprint density at radius 2 is 1.91 bits per heavy atom. The van der Waals surface area contributed by atoms with Gasteiger partial charge in [0.2, 0.25) is 0 Å². The third-order valence-corrected chi connectivity index (χ3v) is 6.98. The largest absolute Gasteiger partial charge is 0.283 e. The predicted molar refractivity (Wildman–Crippen MR) is 134 cm³/mol. The molecule has 0 fully saturated rings. The van der Waals surface area contributed by atoms with E-state index in [1.165, 1.54) is 17.4 Å². The summed E-state index contributed by atoms with van der Waals surface area (Å²) in [4.78, 5) is 19.7. The number of carbonyl (C=O) groups is 1. The molecule has 0 saturated heterocycles. The Labute approximate surface area is 200 Å². The molecular weight excluding hydrogens is 463 g/mol. The quantitative estimate of drug-likeness (QED) is 0.294. The van der Waals surface area contributed by atoms with Gasteiger partial charge in [-0.05, 0) is 62.2 Å². The molecule has 8 heteroatoms. The number of nitrogens with zero attached hydrogens (tertiary/aromatic N) is 4. The summed E-state index contributed by atoms with van der Waals surface area (Å²) in [7, 11) is 0. The van der Waals surface area contributed by atoms with Crippen molar-refractivity contribution in [1.82, 2.24) is 14.8 Å². The van der Waals surface area contributed by atoms with Crippen molar-refractivity contribution in [3.8, 4) is 0 Å². The minimum atomic E-state index is -0.172. The van der Waals surface area contributed by atoms with Gasteiger partial charge in [-0.15, -0.1) is 0 Å². The molecule has 5 nitrogen and oxygen atoms in total. The Bertz CT molecular complexity index is 1330. The maximum atomic E-state index is 13.3. The van der Waals surface area contributed by atoms with Gasteiger partial charge in [-0.1, -0.05) is 52.7 Å². The van der Waals surface area contributed by atoms with Crippen LogP contribution >= 0.6 is 34.5 Å². The molecule has 32 heavy (non-hydrogen) atoms. The lowest BCUT2D eigenvalue weighted by atomic mass is 10.2. The lowest BCUT2D eigenvalue weighted by Crippen LogP contribution is -2.33. The molecule has 0 saturated carbocycles. The van der Waals surface area contributed by atoms with Crippen molar-refractivity contribution in [3.05, 3.63) is 81.1 Å². The van der Waals surface area contributed by atoms with E-state index in [9.17, 15) is 4.79 Å². The van der Waals surface area contributed by atoms with Gasteiger partial charge in [0.1, 0.15) is 0 Å². The normalized spacial score (nSPS) is 11.5. The van der Waals surface area contributed by atoms with Gasteiger partial charge in [0.25, 0.3) is 5.91 Å². The Morgan fingerprint density at radius 3 is 2.62 bits per heavy atom. The molecule has 4 aromatic rings. The highest BCUT2D eigenvalue weighted by atomic mass is 35.5. The molecule has 0 atom stereocenters. The lowest BCUT2D eigenvalue weighted by Gasteiger charge is -2.18. The summed E-state index contributed by atoms with van der Waals surface area (Å²) in [5.74, 6) is -0.172. The maximum Gasteiger partial charge on any atom is 0.252 e. The Balaban J connectivity index is 1.67. The number of hydrogen-bond donors (Lipinski definition) is 0. The van der Waals surface area contributed by atoms with Crippen LogP contribution in [-0.2, 0) is 11.3 Å². The van der Waals surface area contributed by atoms with Crippen LogP contribution in [0.1, 0.15) is 22.5 Å². The minimum Gasteiger partial charge on any atom is -0.283 e. The Hall–Kier alpha value is -2.67. The molecule has 2 aromatic heterocycles. The molecule has 2 aromatic carbocycles. The maximum absolute atomic E-state index is 13.3. The zero-order chi connectivity index (χ0) is 22.8. The average Bonchev–Trinajstić information content (AvgIpc) is 3.33. The smallest absolute Gasteiger partial charge is 0.252 e. The van der Waals surface area contributed by atoms with E-state index >= 15 is 0 Å². The standard InChI is InChI=1S/C24H22Cl2N4OS/c1-15-14-16(2)30(28-15)13-12-29(22(31)11-8-18-6-4-5-7-20(18)26)24-27-23-17(3)19(25)9-10-21(23)32-24/h4-11,14H,12-13H2,1-3H3/b11-8+.